The van der Waals surface area contributed by atoms with E-state index in [-0.39, 0.29) is 5.91 Å². The van der Waals surface area contributed by atoms with Gasteiger partial charge in [0.1, 0.15) is 5.69 Å². The largest absolute Gasteiger partial charge is 0.351 e. The van der Waals surface area contributed by atoms with Gasteiger partial charge in [-0.3, -0.25) is 9.78 Å². The van der Waals surface area contributed by atoms with Crippen molar-refractivity contribution in [1.29, 1.82) is 0 Å². The number of amides is 1. The highest BCUT2D eigenvalue weighted by molar-refractivity contribution is 6.17. The second kappa shape index (κ2) is 7.23. The van der Waals surface area contributed by atoms with Crippen molar-refractivity contribution >= 4 is 17.5 Å². The van der Waals surface area contributed by atoms with Gasteiger partial charge in [-0.2, -0.15) is 0 Å². The molecule has 0 unspecified atom stereocenters. The van der Waals surface area contributed by atoms with Crippen molar-refractivity contribution in [3.63, 3.8) is 0 Å². The van der Waals surface area contributed by atoms with E-state index in [0.29, 0.717) is 18.1 Å². The van der Waals surface area contributed by atoms with Crippen molar-refractivity contribution in [1.82, 2.24) is 10.3 Å². The van der Waals surface area contributed by atoms with Crippen LogP contribution in [-0.4, -0.2) is 23.3 Å². The molecule has 4 heteroatoms. The molecule has 0 aromatic carbocycles. The van der Waals surface area contributed by atoms with Gasteiger partial charge in [0, 0.05) is 18.6 Å². The molecular weight excluding hydrogens is 212 g/mol. The number of nitrogens with one attached hydrogen (secondary N) is 1. The first-order valence-corrected chi connectivity index (χ1v) is 5.63. The minimum absolute atomic E-state index is 0.110. The second-order valence-electron chi connectivity index (χ2n) is 3.22. The molecule has 0 radical (unpaired) electrons. The van der Waals surface area contributed by atoms with Crippen LogP contribution in [0.5, 0.6) is 0 Å². The summed E-state index contributed by atoms with van der Waals surface area (Å²) in [6.45, 7) is 0.687. The summed E-state index contributed by atoms with van der Waals surface area (Å²) in [7, 11) is 0. The molecule has 0 aliphatic heterocycles. The van der Waals surface area contributed by atoms with E-state index in [1.165, 1.54) is 0 Å². The second-order valence-corrected chi connectivity index (χ2v) is 3.60. The Kier molecular flexibility index (Phi) is 5.78. The van der Waals surface area contributed by atoms with Crippen LogP contribution in [0.1, 0.15) is 29.8 Å². The van der Waals surface area contributed by atoms with Crippen molar-refractivity contribution in [2.75, 3.05) is 12.4 Å². The average molecular weight is 227 g/mol. The quantitative estimate of drug-likeness (QED) is 0.597. The smallest absolute Gasteiger partial charge is 0.269 e. The SMILES string of the molecule is O=C(NCCCCCCl)c1ccccn1. The van der Waals surface area contributed by atoms with Crippen LogP contribution >= 0.6 is 11.6 Å². The molecule has 0 fully saturated rings. The monoisotopic (exact) mass is 226 g/mol. The predicted octanol–water partition coefficient (Wildman–Crippen LogP) is 2.22. The number of hydrogen-bond donors (Lipinski definition) is 1. The Labute approximate surface area is 94.9 Å². The molecule has 0 spiro atoms. The molecule has 0 saturated carbocycles. The highest BCUT2D eigenvalue weighted by Gasteiger charge is 2.03. The van der Waals surface area contributed by atoms with Crippen LogP contribution in [0.15, 0.2) is 24.4 Å². The van der Waals surface area contributed by atoms with Crippen LogP contribution < -0.4 is 5.32 Å². The van der Waals surface area contributed by atoms with E-state index >= 15 is 0 Å². The van der Waals surface area contributed by atoms with Gasteiger partial charge in [-0.05, 0) is 25.0 Å². The van der Waals surface area contributed by atoms with E-state index in [1.807, 2.05) is 0 Å². The number of unbranched alkanes of at least 4 members (excludes halogenated alkanes) is 2. The fourth-order valence-electron chi connectivity index (χ4n) is 1.19. The van der Waals surface area contributed by atoms with Crippen LogP contribution in [-0.2, 0) is 0 Å². The molecule has 0 saturated heterocycles. The number of halogens is 1. The number of carbonyl (C=O) groups is 1. The van der Waals surface area contributed by atoms with E-state index in [9.17, 15) is 4.79 Å². The highest BCUT2D eigenvalue weighted by Crippen LogP contribution is 1.97. The van der Waals surface area contributed by atoms with Crippen LogP contribution in [0.2, 0.25) is 0 Å². The first-order chi connectivity index (χ1) is 7.34. The molecule has 1 aromatic heterocycles. The van der Waals surface area contributed by atoms with Crippen LogP contribution in [0.3, 0.4) is 0 Å². The van der Waals surface area contributed by atoms with Crippen molar-refractivity contribution in [2.24, 2.45) is 0 Å². The maximum absolute atomic E-state index is 11.5. The lowest BCUT2D eigenvalue weighted by Gasteiger charge is -2.03. The Morgan fingerprint density at radius 2 is 2.20 bits per heavy atom. The third-order valence-electron chi connectivity index (χ3n) is 1.99. The molecular formula is C11H15ClN2O. The van der Waals surface area contributed by atoms with E-state index in [4.69, 9.17) is 11.6 Å². The Bertz CT molecular complexity index is 290. The molecule has 0 bridgehead atoms. The van der Waals surface area contributed by atoms with E-state index in [2.05, 4.69) is 10.3 Å². The molecule has 1 amide bonds. The van der Waals surface area contributed by atoms with Crippen molar-refractivity contribution in [2.45, 2.75) is 19.3 Å². The molecule has 1 heterocycles. The van der Waals surface area contributed by atoms with Crippen molar-refractivity contribution < 1.29 is 4.79 Å². The molecule has 1 N–H and O–H groups in total. The maximum atomic E-state index is 11.5. The number of pyridine rings is 1. The molecule has 3 nitrogen and oxygen atoms in total. The molecule has 0 aliphatic rings. The zero-order valence-electron chi connectivity index (χ0n) is 8.58. The van der Waals surface area contributed by atoms with E-state index in [1.54, 1.807) is 24.4 Å². The van der Waals surface area contributed by atoms with Gasteiger partial charge in [-0.15, -0.1) is 11.6 Å². The summed E-state index contributed by atoms with van der Waals surface area (Å²) in [4.78, 5) is 15.4. The predicted molar refractivity (Wildman–Crippen MR) is 61.1 cm³/mol. The molecule has 15 heavy (non-hydrogen) atoms. The first-order valence-electron chi connectivity index (χ1n) is 5.10. The molecule has 1 rings (SSSR count). The fourth-order valence-corrected chi connectivity index (χ4v) is 1.37. The summed E-state index contributed by atoms with van der Waals surface area (Å²) in [6, 6.07) is 5.29. The van der Waals surface area contributed by atoms with E-state index < -0.39 is 0 Å². The Morgan fingerprint density at radius 1 is 1.33 bits per heavy atom. The van der Waals surface area contributed by atoms with Gasteiger partial charge in [0.2, 0.25) is 0 Å². The fraction of sp³-hybridized carbons (Fsp3) is 0.455. The van der Waals surface area contributed by atoms with Gasteiger partial charge in [0.15, 0.2) is 0 Å². The minimum atomic E-state index is -0.110. The Balaban J connectivity index is 2.20. The lowest BCUT2D eigenvalue weighted by Crippen LogP contribution is -2.25. The van der Waals surface area contributed by atoms with Gasteiger partial charge in [-0.25, -0.2) is 0 Å². The lowest BCUT2D eigenvalue weighted by atomic mass is 10.2. The van der Waals surface area contributed by atoms with Crippen LogP contribution in [0.25, 0.3) is 0 Å². The zero-order chi connectivity index (χ0) is 10.9. The maximum Gasteiger partial charge on any atom is 0.269 e. The molecule has 0 aliphatic carbocycles. The van der Waals surface area contributed by atoms with Crippen LogP contribution in [0, 0.1) is 0 Å². The van der Waals surface area contributed by atoms with Crippen molar-refractivity contribution in [3.05, 3.63) is 30.1 Å². The molecule has 82 valence electrons. The number of carbonyl (C=O) groups excluding carboxylic acids is 1. The van der Waals surface area contributed by atoms with Gasteiger partial charge < -0.3 is 5.32 Å². The first kappa shape index (κ1) is 12.0. The van der Waals surface area contributed by atoms with Crippen LogP contribution in [0.4, 0.5) is 0 Å². The lowest BCUT2D eigenvalue weighted by molar-refractivity contribution is 0.0948. The normalized spacial score (nSPS) is 9.93. The average Bonchev–Trinajstić information content (AvgIpc) is 2.30. The summed E-state index contributed by atoms with van der Waals surface area (Å²) >= 11 is 5.54. The Hall–Kier alpha value is -1.09. The van der Waals surface area contributed by atoms with Crippen molar-refractivity contribution in [3.8, 4) is 0 Å². The third-order valence-corrected chi connectivity index (χ3v) is 2.26. The summed E-state index contributed by atoms with van der Waals surface area (Å²) in [5, 5.41) is 2.81. The number of nitrogens with zero attached hydrogens (tertiary/aromatic N) is 1. The number of hydrogen-bond acceptors (Lipinski definition) is 2. The van der Waals surface area contributed by atoms with Gasteiger partial charge in [0.25, 0.3) is 5.91 Å². The molecule has 1 aromatic rings. The summed E-state index contributed by atoms with van der Waals surface area (Å²) in [6.07, 6.45) is 4.63. The van der Waals surface area contributed by atoms with Gasteiger partial charge in [0.05, 0.1) is 0 Å². The third kappa shape index (κ3) is 4.79. The minimum Gasteiger partial charge on any atom is -0.351 e. The summed E-state index contributed by atoms with van der Waals surface area (Å²) in [5.41, 5.74) is 0.467. The molecule has 0 atom stereocenters. The van der Waals surface area contributed by atoms with Gasteiger partial charge in [-0.1, -0.05) is 12.5 Å². The number of rotatable bonds is 6. The summed E-state index contributed by atoms with van der Waals surface area (Å²) < 4.78 is 0. The zero-order valence-corrected chi connectivity index (χ0v) is 9.33. The topological polar surface area (TPSA) is 42.0 Å². The standard InChI is InChI=1S/C11H15ClN2O/c12-7-3-1-4-9-14-11(15)10-6-2-5-8-13-10/h2,5-6,8H,1,3-4,7,9H2,(H,14,15). The highest BCUT2D eigenvalue weighted by atomic mass is 35.5. The van der Waals surface area contributed by atoms with Gasteiger partial charge >= 0.3 is 0 Å². The summed E-state index contributed by atoms with van der Waals surface area (Å²) in [5.74, 6) is 0.579. The van der Waals surface area contributed by atoms with E-state index in [0.717, 1.165) is 19.3 Å². The number of aromatic nitrogens is 1. The Morgan fingerprint density at radius 3 is 2.87 bits per heavy atom. The number of alkyl halides is 1.